The molecule has 10 rings (SSSR count). The molecule has 0 atom stereocenters. The second-order valence-electron chi connectivity index (χ2n) is 18.3. The van der Waals surface area contributed by atoms with Crippen molar-refractivity contribution in [3.8, 4) is 11.5 Å². The molecule has 0 unspecified atom stereocenters. The normalized spacial score (nSPS) is 13.9. The minimum atomic E-state index is -3.55. The SMILES string of the molecule is C.C.C.C.CC1CCCC1.COc1cc2[nH]ncc2cc1NC(=O)c1cccc(C)[n+]1[O-].COc1cc2nn(C3CCCC3)cc2cc1NC(=O)c1cccc(C)[n+]1[O-].Cc1ccc(S(=O)(=O)Cl)cc1.OC1CCCC1. The van der Waals surface area contributed by atoms with E-state index in [9.17, 15) is 28.4 Å². The van der Waals surface area contributed by atoms with Crippen molar-refractivity contribution in [2.24, 2.45) is 5.92 Å². The standard InChI is InChI=1S/C20H22N4O3.C15H14N4O3.C7H7ClO2S.C6H12.C5H10O.4CH4/c1-13-6-5-9-18(24(13)26)20(25)21-17-10-14-12-23(15-7-3-4-8-15)22-16(14)11-19(17)27-2;1-9-4-3-5-13(19(9)21)15(20)17-12-6-10-8-16-18-11(10)7-14(12)22-2;1-6-2-4-7(5-3-6)11(8,9)10;1-6-4-2-3-5-6;6-5-3-1-2-4-5;;;;/h5-6,9-12,15H,3-4,7-8H2,1-2H3,(H,21,25);3-8H,1-2H3,(H,16,18)(H,17,20);2-5H,1H3;6H,2-5H2,1H3;5-6H,1-4H2;4*1H4. The summed E-state index contributed by atoms with van der Waals surface area (Å²) in [5.41, 5.74) is 4.59. The van der Waals surface area contributed by atoms with Gasteiger partial charge >= 0.3 is 11.8 Å². The van der Waals surface area contributed by atoms with Gasteiger partial charge in [0.1, 0.15) is 11.5 Å². The van der Waals surface area contributed by atoms with Gasteiger partial charge in [0.05, 0.1) is 59.9 Å². The average Bonchev–Trinajstić information content (AvgIpc) is 4.23. The van der Waals surface area contributed by atoms with E-state index in [-0.39, 0.29) is 52.1 Å². The first-order chi connectivity index (χ1) is 34.4. The number of ether oxygens (including phenoxy) is 2. The molecule has 7 aromatic rings. The summed E-state index contributed by atoms with van der Waals surface area (Å²) in [6, 6.07) is 23.6. The quantitative estimate of drug-likeness (QED) is 0.0635. The zero-order valence-corrected chi connectivity index (χ0v) is 43.3. The first-order valence-corrected chi connectivity index (χ1v) is 26.5. The number of aliphatic hydroxyl groups is 1. The molecule has 4 aromatic heterocycles. The summed E-state index contributed by atoms with van der Waals surface area (Å²) in [7, 11) is 4.59. The number of nitrogens with one attached hydrogen (secondary N) is 3. The molecule has 3 aliphatic rings. The number of hydrogen-bond acceptors (Lipinski definition) is 11. The smallest absolute Gasteiger partial charge is 0.321 e. The minimum Gasteiger partial charge on any atom is -0.618 e. The van der Waals surface area contributed by atoms with Crippen molar-refractivity contribution < 1.29 is 42.0 Å². The second kappa shape index (κ2) is 30.7. The maximum Gasteiger partial charge on any atom is 0.321 e. The summed E-state index contributed by atoms with van der Waals surface area (Å²) in [4.78, 5) is 25.1. The van der Waals surface area contributed by atoms with Crippen LogP contribution in [0.5, 0.6) is 11.5 Å². The number of aliphatic hydroxyl groups excluding tert-OH is 1. The van der Waals surface area contributed by atoms with E-state index in [1.807, 2.05) is 29.9 Å². The first-order valence-electron chi connectivity index (χ1n) is 24.2. The third kappa shape index (κ3) is 17.9. The van der Waals surface area contributed by atoms with E-state index in [2.05, 4.69) is 32.9 Å². The van der Waals surface area contributed by atoms with E-state index in [0.29, 0.717) is 49.8 Å². The number of methoxy groups -OCH3 is 2. The molecule has 0 aliphatic heterocycles. The highest BCUT2D eigenvalue weighted by atomic mass is 35.7. The number of aryl methyl sites for hydroxylation is 3. The van der Waals surface area contributed by atoms with Gasteiger partial charge in [0.25, 0.3) is 20.4 Å². The Kier molecular flexibility index (Phi) is 26.4. The Morgan fingerprint density at radius 1 is 0.711 bits per heavy atom. The Labute approximate surface area is 454 Å². The summed E-state index contributed by atoms with van der Waals surface area (Å²) in [6.07, 6.45) is 19.0. The number of halogens is 1. The lowest BCUT2D eigenvalue weighted by Crippen LogP contribution is -2.39. The van der Waals surface area contributed by atoms with Gasteiger partial charge in [-0.2, -0.15) is 19.7 Å². The summed E-state index contributed by atoms with van der Waals surface area (Å²) in [5.74, 6) is 1.06. The molecule has 2 amide bonds. The van der Waals surface area contributed by atoms with Crippen molar-refractivity contribution >= 4 is 64.7 Å². The zero-order valence-electron chi connectivity index (χ0n) is 41.7. The van der Waals surface area contributed by atoms with Gasteiger partial charge in [-0.1, -0.05) is 106 Å². The molecule has 416 valence electrons. The van der Waals surface area contributed by atoms with Gasteiger partial charge in [-0.05, 0) is 74.9 Å². The molecule has 0 saturated heterocycles. The highest BCUT2D eigenvalue weighted by molar-refractivity contribution is 8.13. The number of rotatable bonds is 8. The lowest BCUT2D eigenvalue weighted by molar-refractivity contribution is -0.614. The minimum absolute atomic E-state index is 0. The molecule has 3 fully saturated rings. The van der Waals surface area contributed by atoms with Crippen molar-refractivity contribution in [2.75, 3.05) is 24.9 Å². The lowest BCUT2D eigenvalue weighted by atomic mass is 10.2. The van der Waals surface area contributed by atoms with Gasteiger partial charge < -0.3 is 35.6 Å². The summed E-state index contributed by atoms with van der Waals surface area (Å²) < 4.78 is 35.4. The molecule has 4 N–H and O–H groups in total. The van der Waals surface area contributed by atoms with Crippen LogP contribution in [-0.4, -0.2) is 65.6 Å². The number of anilines is 2. The Morgan fingerprint density at radius 3 is 1.63 bits per heavy atom. The summed E-state index contributed by atoms with van der Waals surface area (Å²) in [5, 5.41) is 51.5. The van der Waals surface area contributed by atoms with Crippen LogP contribution in [-0.2, 0) is 9.05 Å². The van der Waals surface area contributed by atoms with Gasteiger partial charge in [0.2, 0.25) is 0 Å². The van der Waals surface area contributed by atoms with Gasteiger partial charge in [0, 0.05) is 77.9 Å². The lowest BCUT2D eigenvalue weighted by Gasteiger charge is -2.11. The third-order valence-corrected chi connectivity index (χ3v) is 14.2. The highest BCUT2D eigenvalue weighted by Crippen LogP contribution is 2.34. The fourth-order valence-corrected chi connectivity index (χ4v) is 9.35. The molecule has 17 nitrogen and oxygen atoms in total. The van der Waals surface area contributed by atoms with Crippen molar-refractivity contribution in [1.82, 2.24) is 20.0 Å². The topological polar surface area (TPSA) is 231 Å². The van der Waals surface area contributed by atoms with Crippen LogP contribution in [0.15, 0.2) is 102 Å². The van der Waals surface area contributed by atoms with Crippen LogP contribution in [0.2, 0.25) is 0 Å². The Balaban J connectivity index is 0.000000359. The molecular formula is C57H81ClN8O9S. The fourth-order valence-electron chi connectivity index (χ4n) is 8.58. The summed E-state index contributed by atoms with van der Waals surface area (Å²) in [6.45, 7) is 7.52. The number of benzene rings is 3. The van der Waals surface area contributed by atoms with Crippen molar-refractivity contribution in [3.05, 3.63) is 136 Å². The van der Waals surface area contributed by atoms with Crippen LogP contribution in [0.3, 0.4) is 0 Å². The van der Waals surface area contributed by atoms with Gasteiger partial charge in [0.15, 0.2) is 11.4 Å². The average molecular weight is 1090 g/mol. The number of nitrogens with zero attached hydrogens (tertiary/aromatic N) is 5. The maximum atomic E-state index is 12.6. The Morgan fingerprint density at radius 2 is 1.18 bits per heavy atom. The number of pyridine rings is 2. The first kappa shape index (κ1) is 65.4. The predicted octanol–water partition coefficient (Wildman–Crippen LogP) is 12.7. The number of hydrogen-bond donors (Lipinski definition) is 4. The number of amides is 2. The number of aromatic nitrogens is 6. The molecule has 3 saturated carbocycles. The number of fused-ring (bicyclic) bond motifs is 2. The molecule has 0 spiro atoms. The van der Waals surface area contributed by atoms with E-state index in [4.69, 9.17) is 25.3 Å². The monoisotopic (exact) mass is 1090 g/mol. The van der Waals surface area contributed by atoms with Crippen molar-refractivity contribution in [2.45, 2.75) is 151 Å². The van der Waals surface area contributed by atoms with Crippen molar-refractivity contribution in [3.63, 3.8) is 0 Å². The molecular weight excluding hydrogens is 1010 g/mol. The highest BCUT2D eigenvalue weighted by Gasteiger charge is 2.23. The van der Waals surface area contributed by atoms with E-state index >= 15 is 0 Å². The molecule has 3 aliphatic carbocycles. The Hall–Kier alpha value is -6.76. The van der Waals surface area contributed by atoms with Crippen molar-refractivity contribution in [1.29, 1.82) is 0 Å². The van der Waals surface area contributed by atoms with E-state index < -0.39 is 20.9 Å². The maximum absolute atomic E-state index is 12.6. The van der Waals surface area contributed by atoms with Crippen LogP contribution >= 0.6 is 10.7 Å². The van der Waals surface area contributed by atoms with Crippen LogP contribution in [0.4, 0.5) is 11.4 Å². The second-order valence-corrected chi connectivity index (χ2v) is 20.9. The van der Waals surface area contributed by atoms with Gasteiger partial charge in [-0.15, -0.1) is 0 Å². The number of carbonyl (C=O) groups is 2. The Bertz CT molecular complexity index is 3020. The molecule has 76 heavy (non-hydrogen) atoms. The van der Waals surface area contributed by atoms with E-state index in [1.54, 1.807) is 75.7 Å². The van der Waals surface area contributed by atoms with Crippen LogP contribution in [0.25, 0.3) is 21.8 Å². The zero-order chi connectivity index (χ0) is 52.0. The molecule has 4 heterocycles. The van der Waals surface area contributed by atoms with Crippen LogP contribution in [0, 0.1) is 37.1 Å². The van der Waals surface area contributed by atoms with E-state index in [0.717, 1.165) is 59.0 Å². The third-order valence-electron chi connectivity index (χ3n) is 12.8. The fraction of sp³-hybridized carbons (Fsp3) is 0.439. The molecule has 3 aromatic carbocycles. The molecule has 0 radical (unpaired) electrons. The number of carbonyl (C=O) groups excluding carboxylic acids is 2. The summed E-state index contributed by atoms with van der Waals surface area (Å²) >= 11 is 0. The van der Waals surface area contributed by atoms with Gasteiger partial charge in [-0.3, -0.25) is 19.4 Å². The van der Waals surface area contributed by atoms with Crippen LogP contribution in [0.1, 0.15) is 158 Å². The van der Waals surface area contributed by atoms with Gasteiger partial charge in [-0.25, -0.2) is 8.42 Å². The molecule has 0 bridgehead atoms. The van der Waals surface area contributed by atoms with Crippen LogP contribution < -0.4 is 29.6 Å². The van der Waals surface area contributed by atoms with E-state index in [1.165, 1.54) is 82.7 Å². The largest absolute Gasteiger partial charge is 0.618 e. The number of H-pyrrole nitrogens is 1. The molecule has 19 heteroatoms. The number of aromatic amines is 1. The predicted molar refractivity (Wildman–Crippen MR) is 306 cm³/mol.